The Hall–Kier alpha value is -1.70. The third-order valence-corrected chi connectivity index (χ3v) is 2.03. The minimum atomic E-state index is 0.284. The molecule has 0 saturated carbocycles. The molecular weight excluding hydrogens is 188 g/mol. The van der Waals surface area contributed by atoms with Gasteiger partial charge in [0, 0.05) is 0 Å². The molecule has 1 aromatic carbocycles. The van der Waals surface area contributed by atoms with Gasteiger partial charge in [-0.1, -0.05) is 23.8 Å². The molecule has 1 rings (SSSR count). The van der Waals surface area contributed by atoms with E-state index in [9.17, 15) is 0 Å². The van der Waals surface area contributed by atoms with Crippen molar-refractivity contribution in [1.82, 2.24) is 0 Å². The van der Waals surface area contributed by atoms with Gasteiger partial charge in [0.2, 0.25) is 0 Å². The summed E-state index contributed by atoms with van der Waals surface area (Å²) in [5.41, 5.74) is 2.31. The van der Waals surface area contributed by atoms with Crippen molar-refractivity contribution < 1.29 is 10.2 Å². The van der Waals surface area contributed by atoms with Crippen LogP contribution in [0.15, 0.2) is 47.7 Å². The quantitative estimate of drug-likeness (QED) is 0.585. The van der Waals surface area contributed by atoms with Crippen LogP contribution in [0.25, 0.3) is 0 Å². The number of hydrogen-bond acceptors (Lipinski definition) is 2. The molecule has 0 amide bonds. The van der Waals surface area contributed by atoms with Gasteiger partial charge in [0.05, 0.1) is 5.76 Å². The smallest absolute Gasteiger partial charge is 0.115 e. The monoisotopic (exact) mass is 204 g/mol. The SMILES string of the molecule is C/C(O)=C\C=C(/C)Cc1ccc(O)cc1. The standard InChI is InChI=1S/C13H16O2/c1-10(3-4-11(2)14)9-12-5-7-13(15)8-6-12/h3-8,14-15H,9H2,1-2H3/b10-3+,11-4+. The van der Waals surface area contributed by atoms with Gasteiger partial charge in [-0.25, -0.2) is 0 Å². The van der Waals surface area contributed by atoms with Crippen molar-refractivity contribution in [2.24, 2.45) is 0 Å². The van der Waals surface area contributed by atoms with Crippen LogP contribution >= 0.6 is 0 Å². The van der Waals surface area contributed by atoms with Crippen LogP contribution in [0.5, 0.6) is 5.75 Å². The number of phenolic OH excluding ortho intramolecular Hbond substituents is 1. The van der Waals surface area contributed by atoms with Crippen LogP contribution in [0.3, 0.4) is 0 Å². The highest BCUT2D eigenvalue weighted by Gasteiger charge is 1.94. The zero-order valence-electron chi connectivity index (χ0n) is 9.07. The summed E-state index contributed by atoms with van der Waals surface area (Å²) in [6, 6.07) is 7.13. The molecule has 0 fully saturated rings. The van der Waals surface area contributed by atoms with Crippen molar-refractivity contribution in [3.8, 4) is 5.75 Å². The van der Waals surface area contributed by atoms with Gasteiger partial charge in [-0.05, 0) is 44.0 Å². The van der Waals surface area contributed by atoms with E-state index in [1.54, 1.807) is 25.1 Å². The summed E-state index contributed by atoms with van der Waals surface area (Å²) < 4.78 is 0. The molecule has 0 saturated heterocycles. The van der Waals surface area contributed by atoms with Crippen molar-refractivity contribution in [1.29, 1.82) is 0 Å². The molecule has 0 aliphatic rings. The molecule has 0 aliphatic carbocycles. The van der Waals surface area contributed by atoms with Crippen LogP contribution in [-0.4, -0.2) is 10.2 Å². The maximum absolute atomic E-state index is 9.11. The van der Waals surface area contributed by atoms with Crippen LogP contribution in [0.1, 0.15) is 19.4 Å². The lowest BCUT2D eigenvalue weighted by molar-refractivity contribution is 0.414. The highest BCUT2D eigenvalue weighted by molar-refractivity contribution is 5.29. The van der Waals surface area contributed by atoms with E-state index in [0.717, 1.165) is 17.6 Å². The number of aliphatic hydroxyl groups is 1. The van der Waals surface area contributed by atoms with Gasteiger partial charge in [-0.3, -0.25) is 0 Å². The third-order valence-electron chi connectivity index (χ3n) is 2.03. The number of aromatic hydroxyl groups is 1. The molecule has 2 nitrogen and oxygen atoms in total. The van der Waals surface area contributed by atoms with Gasteiger partial charge in [0.25, 0.3) is 0 Å². The Bertz CT molecular complexity index is 368. The predicted octanol–water partition coefficient (Wildman–Crippen LogP) is 3.34. The normalized spacial score (nSPS) is 12.9. The van der Waals surface area contributed by atoms with Gasteiger partial charge in [0.1, 0.15) is 5.75 Å². The van der Waals surface area contributed by atoms with E-state index in [-0.39, 0.29) is 5.75 Å². The number of benzene rings is 1. The molecule has 2 N–H and O–H groups in total. The predicted molar refractivity (Wildman–Crippen MR) is 62.0 cm³/mol. The maximum atomic E-state index is 9.11. The van der Waals surface area contributed by atoms with Crippen LogP contribution in [0.4, 0.5) is 0 Å². The summed E-state index contributed by atoms with van der Waals surface area (Å²) in [6.45, 7) is 3.65. The molecule has 2 heteroatoms. The summed E-state index contributed by atoms with van der Waals surface area (Å²) >= 11 is 0. The lowest BCUT2D eigenvalue weighted by Gasteiger charge is -2.01. The highest BCUT2D eigenvalue weighted by Crippen LogP contribution is 2.13. The van der Waals surface area contributed by atoms with Gasteiger partial charge < -0.3 is 10.2 Å². The average Bonchev–Trinajstić information content (AvgIpc) is 2.19. The molecule has 0 radical (unpaired) electrons. The topological polar surface area (TPSA) is 40.5 Å². The van der Waals surface area contributed by atoms with E-state index < -0.39 is 0 Å². The first-order chi connectivity index (χ1) is 7.08. The van der Waals surface area contributed by atoms with E-state index >= 15 is 0 Å². The molecule has 0 heterocycles. The number of allylic oxidation sites excluding steroid dienone is 4. The van der Waals surface area contributed by atoms with Gasteiger partial charge in [-0.2, -0.15) is 0 Å². The van der Waals surface area contributed by atoms with Crippen LogP contribution in [-0.2, 0) is 6.42 Å². The highest BCUT2D eigenvalue weighted by atomic mass is 16.3. The van der Waals surface area contributed by atoms with E-state index in [0.29, 0.717) is 5.76 Å². The molecule has 15 heavy (non-hydrogen) atoms. The van der Waals surface area contributed by atoms with E-state index in [4.69, 9.17) is 10.2 Å². The van der Waals surface area contributed by atoms with E-state index in [2.05, 4.69) is 0 Å². The lowest BCUT2D eigenvalue weighted by Crippen LogP contribution is -1.85. The molecule has 0 aromatic heterocycles. The first-order valence-electron chi connectivity index (χ1n) is 4.89. The number of aliphatic hydroxyl groups excluding tert-OH is 1. The summed E-state index contributed by atoms with van der Waals surface area (Å²) in [7, 11) is 0. The second-order valence-electron chi connectivity index (χ2n) is 3.66. The Morgan fingerprint density at radius 3 is 2.27 bits per heavy atom. The Balaban J connectivity index is 2.66. The minimum Gasteiger partial charge on any atom is -0.513 e. The molecular formula is C13H16O2. The number of rotatable bonds is 3. The fourth-order valence-electron chi connectivity index (χ4n) is 1.26. The first kappa shape index (κ1) is 11.4. The number of phenols is 1. The second kappa shape index (κ2) is 5.25. The van der Waals surface area contributed by atoms with E-state index in [1.807, 2.05) is 25.1 Å². The molecule has 80 valence electrons. The second-order valence-corrected chi connectivity index (χ2v) is 3.66. The molecule has 0 unspecified atom stereocenters. The molecule has 1 aromatic rings. The fourth-order valence-corrected chi connectivity index (χ4v) is 1.26. The minimum absolute atomic E-state index is 0.284. The molecule has 0 bridgehead atoms. The zero-order chi connectivity index (χ0) is 11.3. The summed E-state index contributed by atoms with van der Waals surface area (Å²) in [6.07, 6.45) is 4.39. The van der Waals surface area contributed by atoms with Crippen LogP contribution in [0, 0.1) is 0 Å². The fraction of sp³-hybridized carbons (Fsp3) is 0.231. The summed E-state index contributed by atoms with van der Waals surface area (Å²) in [5.74, 6) is 0.589. The van der Waals surface area contributed by atoms with Gasteiger partial charge >= 0.3 is 0 Å². The average molecular weight is 204 g/mol. The Morgan fingerprint density at radius 2 is 1.73 bits per heavy atom. The summed E-state index contributed by atoms with van der Waals surface area (Å²) in [4.78, 5) is 0. The first-order valence-corrected chi connectivity index (χ1v) is 4.89. The van der Waals surface area contributed by atoms with E-state index in [1.165, 1.54) is 0 Å². The zero-order valence-corrected chi connectivity index (χ0v) is 9.07. The molecule has 0 atom stereocenters. The van der Waals surface area contributed by atoms with Crippen LogP contribution in [0.2, 0.25) is 0 Å². The Labute approximate surface area is 90.2 Å². The van der Waals surface area contributed by atoms with Gasteiger partial charge in [-0.15, -0.1) is 0 Å². The lowest BCUT2D eigenvalue weighted by atomic mass is 10.1. The Morgan fingerprint density at radius 1 is 1.13 bits per heavy atom. The largest absolute Gasteiger partial charge is 0.513 e. The van der Waals surface area contributed by atoms with Crippen molar-refractivity contribution in [2.45, 2.75) is 20.3 Å². The van der Waals surface area contributed by atoms with Crippen molar-refractivity contribution in [3.63, 3.8) is 0 Å². The van der Waals surface area contributed by atoms with Gasteiger partial charge in [0.15, 0.2) is 0 Å². The van der Waals surface area contributed by atoms with Crippen molar-refractivity contribution >= 4 is 0 Å². The molecule has 0 spiro atoms. The van der Waals surface area contributed by atoms with Crippen LogP contribution < -0.4 is 0 Å². The molecule has 0 aliphatic heterocycles. The third kappa shape index (κ3) is 4.36. The maximum Gasteiger partial charge on any atom is 0.115 e. The van der Waals surface area contributed by atoms with Crippen molar-refractivity contribution in [2.75, 3.05) is 0 Å². The summed E-state index contributed by atoms with van der Waals surface area (Å²) in [5, 5.41) is 18.1. The number of hydrogen-bond donors (Lipinski definition) is 2. The van der Waals surface area contributed by atoms with Crippen molar-refractivity contribution in [3.05, 3.63) is 53.3 Å². The Kier molecular flexibility index (Phi) is 3.98.